The first-order chi connectivity index (χ1) is 12.9. The molecule has 0 fully saturated rings. The van der Waals surface area contributed by atoms with Crippen LogP contribution >= 0.6 is 11.8 Å². The van der Waals surface area contributed by atoms with E-state index in [2.05, 4.69) is 15.5 Å². The van der Waals surface area contributed by atoms with Crippen LogP contribution in [-0.4, -0.2) is 27.9 Å². The van der Waals surface area contributed by atoms with Crippen molar-refractivity contribution in [1.82, 2.24) is 15.0 Å². The second-order valence-electron chi connectivity index (χ2n) is 5.57. The zero-order valence-corrected chi connectivity index (χ0v) is 15.0. The average Bonchev–Trinajstić information content (AvgIpc) is 3.01. The second kappa shape index (κ2) is 7.83. The van der Waals surface area contributed by atoms with Crippen molar-refractivity contribution in [2.45, 2.75) is 17.6 Å². The number of amides is 1. The number of thioether (sulfide) groups is 1. The number of benzene rings is 2. The van der Waals surface area contributed by atoms with Crippen molar-refractivity contribution in [2.75, 3.05) is 6.26 Å². The first kappa shape index (κ1) is 19.0. The van der Waals surface area contributed by atoms with Crippen molar-refractivity contribution >= 4 is 34.9 Å². The van der Waals surface area contributed by atoms with Gasteiger partial charge in [-0.3, -0.25) is 4.79 Å². The zero-order valence-electron chi connectivity index (χ0n) is 14.2. The van der Waals surface area contributed by atoms with Crippen LogP contribution in [0.1, 0.15) is 11.4 Å². The summed E-state index contributed by atoms with van der Waals surface area (Å²) in [6.45, 7) is -0.544. The lowest BCUT2D eigenvalue weighted by Crippen LogP contribution is -2.26. The molecule has 1 N–H and O–H groups in total. The van der Waals surface area contributed by atoms with E-state index >= 15 is 0 Å². The third-order valence-electron chi connectivity index (χ3n) is 3.73. The number of aromatic nitrogens is 2. The number of hydrazone groups is 1. The average molecular weight is 392 g/mol. The Morgan fingerprint density at radius 3 is 2.59 bits per heavy atom. The van der Waals surface area contributed by atoms with Crippen molar-refractivity contribution < 1.29 is 18.0 Å². The number of rotatable bonds is 5. The monoisotopic (exact) mass is 392 g/mol. The molecule has 2 aromatic carbocycles. The van der Waals surface area contributed by atoms with E-state index in [0.717, 1.165) is 15.0 Å². The highest BCUT2D eigenvalue weighted by molar-refractivity contribution is 7.98. The summed E-state index contributed by atoms with van der Waals surface area (Å²) in [6.07, 6.45) is -1.28. The zero-order chi connectivity index (χ0) is 19.4. The minimum absolute atomic E-state index is 0.176. The topological polar surface area (TPSA) is 59.3 Å². The van der Waals surface area contributed by atoms with E-state index in [4.69, 9.17) is 0 Å². The van der Waals surface area contributed by atoms with Crippen LogP contribution < -0.4 is 5.43 Å². The first-order valence-corrected chi connectivity index (χ1v) is 9.09. The lowest BCUT2D eigenvalue weighted by atomic mass is 10.2. The number of alkyl halides is 3. The van der Waals surface area contributed by atoms with Crippen LogP contribution in [0.3, 0.4) is 0 Å². The predicted molar refractivity (Wildman–Crippen MR) is 98.7 cm³/mol. The Labute approximate surface area is 157 Å². The third kappa shape index (κ3) is 4.48. The number of nitrogens with zero attached hydrogens (tertiary/aromatic N) is 3. The maximum atomic E-state index is 13.2. The van der Waals surface area contributed by atoms with Gasteiger partial charge in [-0.15, -0.1) is 11.8 Å². The van der Waals surface area contributed by atoms with Crippen LogP contribution in [0.25, 0.3) is 11.0 Å². The van der Waals surface area contributed by atoms with Crippen molar-refractivity contribution in [3.05, 3.63) is 59.9 Å². The molecule has 0 saturated heterocycles. The fraction of sp³-hybridized carbons (Fsp3) is 0.167. The molecule has 9 heteroatoms. The molecule has 27 heavy (non-hydrogen) atoms. The number of fused-ring (bicyclic) bond motifs is 1. The van der Waals surface area contributed by atoms with Crippen LogP contribution in [-0.2, 0) is 17.5 Å². The Kier molecular flexibility index (Phi) is 5.50. The Bertz CT molecular complexity index is 980. The van der Waals surface area contributed by atoms with Gasteiger partial charge in [0.2, 0.25) is 5.82 Å². The molecule has 0 aliphatic rings. The largest absolute Gasteiger partial charge is 0.449 e. The lowest BCUT2D eigenvalue weighted by Gasteiger charge is -2.10. The van der Waals surface area contributed by atoms with E-state index < -0.39 is 24.5 Å². The normalized spacial score (nSPS) is 12.0. The van der Waals surface area contributed by atoms with Crippen LogP contribution in [0, 0.1) is 0 Å². The van der Waals surface area contributed by atoms with E-state index in [-0.39, 0.29) is 11.0 Å². The highest BCUT2D eigenvalue weighted by Crippen LogP contribution is 2.31. The van der Waals surface area contributed by atoms with Gasteiger partial charge in [0, 0.05) is 4.90 Å². The molecule has 0 aliphatic carbocycles. The lowest BCUT2D eigenvalue weighted by molar-refractivity contribution is -0.147. The fourth-order valence-electron chi connectivity index (χ4n) is 2.50. The number of para-hydroxylation sites is 2. The quantitative estimate of drug-likeness (QED) is 0.407. The van der Waals surface area contributed by atoms with Gasteiger partial charge in [0.15, 0.2) is 0 Å². The molecule has 0 aliphatic heterocycles. The van der Waals surface area contributed by atoms with Crippen molar-refractivity contribution in [3.8, 4) is 0 Å². The molecule has 140 valence electrons. The van der Waals surface area contributed by atoms with Crippen LogP contribution in [0.4, 0.5) is 13.2 Å². The minimum atomic E-state index is -4.67. The standard InChI is InChI=1S/C18H15F3N4OS/c1-27-13-8-6-12(7-9-13)10-22-24-16(26)11-25-15-5-3-2-4-14(15)23-17(25)18(19,20)21/h2-10H,11H2,1H3,(H,24,26). The summed E-state index contributed by atoms with van der Waals surface area (Å²) in [7, 11) is 0. The first-order valence-electron chi connectivity index (χ1n) is 7.87. The van der Waals surface area contributed by atoms with E-state index in [1.807, 2.05) is 30.5 Å². The van der Waals surface area contributed by atoms with E-state index in [1.165, 1.54) is 18.3 Å². The van der Waals surface area contributed by atoms with Gasteiger partial charge in [-0.05, 0) is 36.1 Å². The molecule has 1 aromatic heterocycles. The molecular formula is C18H15F3N4OS. The predicted octanol–water partition coefficient (Wildman–Crippen LogP) is 3.93. The number of halogens is 3. The molecule has 3 rings (SSSR count). The second-order valence-corrected chi connectivity index (χ2v) is 6.45. The minimum Gasteiger partial charge on any atom is -0.311 e. The molecular weight excluding hydrogens is 377 g/mol. The molecule has 0 radical (unpaired) electrons. The summed E-state index contributed by atoms with van der Waals surface area (Å²) in [5.41, 5.74) is 3.42. The molecule has 0 bridgehead atoms. The van der Waals surface area contributed by atoms with Crippen molar-refractivity contribution in [1.29, 1.82) is 0 Å². The summed E-state index contributed by atoms with van der Waals surface area (Å²) in [5.74, 6) is -1.80. The Hall–Kier alpha value is -2.81. The van der Waals surface area contributed by atoms with Crippen molar-refractivity contribution in [3.63, 3.8) is 0 Å². The fourth-order valence-corrected chi connectivity index (χ4v) is 2.91. The summed E-state index contributed by atoms with van der Waals surface area (Å²) in [6, 6.07) is 13.6. The maximum Gasteiger partial charge on any atom is 0.449 e. The number of imidazole rings is 1. The van der Waals surface area contributed by atoms with E-state index in [1.54, 1.807) is 23.9 Å². The van der Waals surface area contributed by atoms with Crippen LogP contribution in [0.5, 0.6) is 0 Å². The number of hydrogen-bond donors (Lipinski definition) is 1. The number of hydrogen-bond acceptors (Lipinski definition) is 4. The van der Waals surface area contributed by atoms with Gasteiger partial charge in [0.25, 0.3) is 5.91 Å². The number of nitrogens with one attached hydrogen (secondary N) is 1. The van der Waals surface area contributed by atoms with Gasteiger partial charge in [-0.25, -0.2) is 10.4 Å². The number of carbonyl (C=O) groups is 1. The summed E-state index contributed by atoms with van der Waals surface area (Å²) in [5, 5.41) is 3.80. The summed E-state index contributed by atoms with van der Waals surface area (Å²) >= 11 is 1.60. The summed E-state index contributed by atoms with van der Waals surface area (Å²) < 4.78 is 40.5. The molecule has 5 nitrogen and oxygen atoms in total. The molecule has 1 amide bonds. The highest BCUT2D eigenvalue weighted by Gasteiger charge is 2.37. The molecule has 3 aromatic rings. The van der Waals surface area contributed by atoms with Gasteiger partial charge in [0.1, 0.15) is 6.54 Å². The Morgan fingerprint density at radius 2 is 1.93 bits per heavy atom. The van der Waals surface area contributed by atoms with Crippen molar-refractivity contribution in [2.24, 2.45) is 5.10 Å². The summed E-state index contributed by atoms with van der Waals surface area (Å²) in [4.78, 5) is 16.8. The smallest absolute Gasteiger partial charge is 0.311 e. The van der Waals surface area contributed by atoms with Gasteiger partial charge in [0.05, 0.1) is 17.2 Å². The van der Waals surface area contributed by atoms with Gasteiger partial charge >= 0.3 is 6.18 Å². The SMILES string of the molecule is CSc1ccc(C=NNC(=O)Cn2c(C(F)(F)F)nc3ccccc32)cc1. The molecule has 0 atom stereocenters. The Balaban J connectivity index is 1.74. The van der Waals surface area contributed by atoms with E-state index in [9.17, 15) is 18.0 Å². The molecule has 0 unspecified atom stereocenters. The van der Waals surface area contributed by atoms with Gasteiger partial charge < -0.3 is 4.57 Å². The van der Waals surface area contributed by atoms with Gasteiger partial charge in [-0.1, -0.05) is 24.3 Å². The van der Waals surface area contributed by atoms with E-state index in [0.29, 0.717) is 0 Å². The maximum absolute atomic E-state index is 13.2. The molecule has 0 spiro atoms. The number of carbonyl (C=O) groups excluding carboxylic acids is 1. The van der Waals surface area contributed by atoms with Crippen LogP contribution in [0.15, 0.2) is 58.5 Å². The highest BCUT2D eigenvalue weighted by atomic mass is 32.2. The molecule has 0 saturated carbocycles. The Morgan fingerprint density at radius 1 is 1.22 bits per heavy atom. The van der Waals surface area contributed by atoms with Crippen LogP contribution in [0.2, 0.25) is 0 Å². The third-order valence-corrected chi connectivity index (χ3v) is 4.47. The van der Waals surface area contributed by atoms with Gasteiger partial charge in [-0.2, -0.15) is 18.3 Å². The molecule has 1 heterocycles.